The van der Waals surface area contributed by atoms with Crippen molar-refractivity contribution in [2.24, 2.45) is 0 Å². The summed E-state index contributed by atoms with van der Waals surface area (Å²) < 4.78 is 29.5. The van der Waals surface area contributed by atoms with E-state index in [2.05, 4.69) is 0 Å². The van der Waals surface area contributed by atoms with E-state index in [1.54, 1.807) is 11.8 Å². The molecule has 0 saturated carbocycles. The Morgan fingerprint density at radius 1 is 1.26 bits per heavy atom. The molecule has 1 aromatic carbocycles. The fraction of sp³-hybridized carbons (Fsp3) is 0.667. The summed E-state index contributed by atoms with van der Waals surface area (Å²) in [4.78, 5) is 15.4. The second kappa shape index (κ2) is 10.3. The highest BCUT2D eigenvalue weighted by Crippen LogP contribution is 2.26. The van der Waals surface area contributed by atoms with Gasteiger partial charge in [0.1, 0.15) is 23.8 Å². The van der Waals surface area contributed by atoms with Crippen LogP contribution in [0.5, 0.6) is 5.75 Å². The van der Waals surface area contributed by atoms with Gasteiger partial charge in [0, 0.05) is 38.8 Å². The Hall–Kier alpha value is -1.65. The fourth-order valence-corrected chi connectivity index (χ4v) is 4.07. The van der Waals surface area contributed by atoms with Crippen LogP contribution in [-0.2, 0) is 9.47 Å². The number of hydrogen-bond donors (Lipinski definition) is 2. The zero-order chi connectivity index (χ0) is 22.5. The third-order valence-electron chi connectivity index (χ3n) is 5.58. The number of aliphatic hydroxyl groups is 2. The van der Waals surface area contributed by atoms with Crippen molar-refractivity contribution < 1.29 is 33.6 Å². The molecule has 2 saturated heterocycles. The van der Waals surface area contributed by atoms with E-state index >= 15 is 0 Å². The highest BCUT2D eigenvalue weighted by molar-refractivity contribution is 6.30. The molecule has 31 heavy (non-hydrogen) atoms. The maximum Gasteiger partial charge on any atom is 0.409 e. The van der Waals surface area contributed by atoms with E-state index in [1.807, 2.05) is 4.90 Å². The summed E-state index contributed by atoms with van der Waals surface area (Å²) in [5, 5.41) is 22.0. The molecule has 0 bridgehead atoms. The van der Waals surface area contributed by atoms with E-state index in [0.29, 0.717) is 58.0 Å². The third-order valence-corrected chi connectivity index (χ3v) is 5.87. The monoisotopic (exact) mass is 460 g/mol. The number of carbonyl (C=O) groups is 1. The summed E-state index contributed by atoms with van der Waals surface area (Å²) in [6.07, 6.45) is 0.485. The number of amides is 1. The number of benzene rings is 1. The maximum atomic E-state index is 13.3. The molecule has 0 unspecified atom stereocenters. The lowest BCUT2D eigenvalue weighted by atomic mass is 9.90. The first-order chi connectivity index (χ1) is 14.7. The number of nitrogens with zero attached hydrogens (tertiary/aromatic N) is 2. The molecule has 0 radical (unpaired) electrons. The quantitative estimate of drug-likeness (QED) is 0.670. The highest BCUT2D eigenvalue weighted by Gasteiger charge is 2.39. The van der Waals surface area contributed by atoms with E-state index in [1.165, 1.54) is 18.2 Å². The molecule has 0 spiro atoms. The molecule has 1 aromatic rings. The van der Waals surface area contributed by atoms with Crippen LogP contribution in [0.15, 0.2) is 18.2 Å². The molecular weight excluding hydrogens is 431 g/mol. The van der Waals surface area contributed by atoms with Crippen molar-refractivity contribution in [1.29, 1.82) is 0 Å². The van der Waals surface area contributed by atoms with Gasteiger partial charge in [-0.1, -0.05) is 11.6 Å². The zero-order valence-corrected chi connectivity index (χ0v) is 18.4. The molecule has 10 heteroatoms. The molecule has 2 aliphatic rings. The summed E-state index contributed by atoms with van der Waals surface area (Å²) in [5.41, 5.74) is -2.28. The minimum Gasteiger partial charge on any atom is -0.490 e. The Morgan fingerprint density at radius 2 is 2.00 bits per heavy atom. The molecule has 174 valence electrons. The van der Waals surface area contributed by atoms with Gasteiger partial charge in [-0.2, -0.15) is 0 Å². The number of β-amino-alcohol motifs (C(OH)–C–C–N with tert-alkyl or cyclic N) is 2. The first kappa shape index (κ1) is 24.0. The van der Waals surface area contributed by atoms with E-state index < -0.39 is 17.0 Å². The summed E-state index contributed by atoms with van der Waals surface area (Å²) in [5.74, 6) is -0.195. The van der Waals surface area contributed by atoms with Gasteiger partial charge >= 0.3 is 6.09 Å². The van der Waals surface area contributed by atoms with Crippen LogP contribution in [0, 0.1) is 5.82 Å². The first-order valence-corrected chi connectivity index (χ1v) is 10.8. The Bertz CT molecular complexity index is 761. The average molecular weight is 461 g/mol. The Labute approximate surface area is 186 Å². The minimum absolute atomic E-state index is 0.0559. The molecular formula is C21H30ClFN2O6. The van der Waals surface area contributed by atoms with Crippen molar-refractivity contribution in [3.05, 3.63) is 29.0 Å². The lowest BCUT2D eigenvalue weighted by Crippen LogP contribution is -2.55. The molecule has 3 rings (SSSR count). The van der Waals surface area contributed by atoms with Crippen molar-refractivity contribution in [2.75, 3.05) is 59.2 Å². The van der Waals surface area contributed by atoms with Crippen molar-refractivity contribution in [1.82, 2.24) is 9.80 Å². The summed E-state index contributed by atoms with van der Waals surface area (Å²) >= 11 is 5.78. The predicted molar refractivity (Wildman–Crippen MR) is 112 cm³/mol. The van der Waals surface area contributed by atoms with Gasteiger partial charge in [-0.25, -0.2) is 9.18 Å². The molecule has 2 fully saturated rings. The molecule has 2 N–H and O–H groups in total. The number of hydrogen-bond acceptors (Lipinski definition) is 7. The van der Waals surface area contributed by atoms with Gasteiger partial charge in [0.15, 0.2) is 0 Å². The van der Waals surface area contributed by atoms with Gasteiger partial charge in [-0.3, -0.25) is 4.90 Å². The number of carbonyl (C=O) groups excluding carboxylic acids is 1. The van der Waals surface area contributed by atoms with E-state index in [4.69, 9.17) is 25.8 Å². The smallest absolute Gasteiger partial charge is 0.409 e. The first-order valence-electron chi connectivity index (χ1n) is 10.5. The van der Waals surface area contributed by atoms with Crippen LogP contribution >= 0.6 is 11.6 Å². The lowest BCUT2D eigenvalue weighted by molar-refractivity contribution is -0.0790. The average Bonchev–Trinajstić information content (AvgIpc) is 2.90. The molecule has 2 heterocycles. The molecule has 0 aliphatic carbocycles. The van der Waals surface area contributed by atoms with Crippen LogP contribution < -0.4 is 4.74 Å². The van der Waals surface area contributed by atoms with Crippen LogP contribution in [0.1, 0.15) is 19.8 Å². The topological polar surface area (TPSA) is 91.7 Å². The van der Waals surface area contributed by atoms with Crippen LogP contribution in [-0.4, -0.2) is 96.5 Å². The van der Waals surface area contributed by atoms with Crippen molar-refractivity contribution in [2.45, 2.75) is 31.0 Å². The normalized spacial score (nSPS) is 24.5. The van der Waals surface area contributed by atoms with Crippen molar-refractivity contribution >= 4 is 17.7 Å². The minimum atomic E-state index is -1.31. The molecule has 1 amide bonds. The predicted octanol–water partition coefficient (Wildman–Crippen LogP) is 1.90. The zero-order valence-electron chi connectivity index (χ0n) is 17.7. The lowest BCUT2D eigenvalue weighted by Gasteiger charge is -2.41. The summed E-state index contributed by atoms with van der Waals surface area (Å²) in [6, 6.07) is 4.01. The molecule has 2 aliphatic heterocycles. The number of ether oxygens (including phenoxy) is 3. The summed E-state index contributed by atoms with van der Waals surface area (Å²) in [7, 11) is 0. The Morgan fingerprint density at radius 3 is 2.68 bits per heavy atom. The fourth-order valence-electron chi connectivity index (χ4n) is 3.90. The van der Waals surface area contributed by atoms with Crippen molar-refractivity contribution in [3.8, 4) is 5.75 Å². The van der Waals surface area contributed by atoms with Crippen LogP contribution in [0.2, 0.25) is 5.02 Å². The number of rotatable bonds is 6. The van der Waals surface area contributed by atoms with Crippen LogP contribution in [0.3, 0.4) is 0 Å². The van der Waals surface area contributed by atoms with Gasteiger partial charge in [0.25, 0.3) is 0 Å². The number of likely N-dealkylation sites (tertiary alicyclic amines) is 1. The second-order valence-corrected chi connectivity index (χ2v) is 8.67. The third kappa shape index (κ3) is 6.66. The van der Waals surface area contributed by atoms with Crippen molar-refractivity contribution in [3.63, 3.8) is 0 Å². The largest absolute Gasteiger partial charge is 0.490 e. The summed E-state index contributed by atoms with van der Waals surface area (Å²) in [6.45, 7) is 4.46. The van der Waals surface area contributed by atoms with Crippen LogP contribution in [0.4, 0.5) is 9.18 Å². The van der Waals surface area contributed by atoms with Gasteiger partial charge in [0.05, 0.1) is 30.4 Å². The number of halogens is 2. The van der Waals surface area contributed by atoms with Gasteiger partial charge in [0.2, 0.25) is 0 Å². The second-order valence-electron chi connectivity index (χ2n) is 8.26. The Balaban J connectivity index is 1.55. The highest BCUT2D eigenvalue weighted by atomic mass is 35.5. The molecule has 0 aromatic heterocycles. The van der Waals surface area contributed by atoms with E-state index in [0.717, 1.165) is 0 Å². The standard InChI is InChI=1S/C21H30ClFN2O6/c1-2-30-19(26)25-7-5-20(27,6-8-25)12-24-9-10-29-14-21(28,13-24)15-31-16-3-4-18(23)17(22)11-16/h3-4,11,27-28H,2,5-10,12-15H2,1H3/t21-/m1/s1. The number of piperidine rings is 1. The van der Waals surface area contributed by atoms with Gasteiger partial charge in [-0.05, 0) is 31.9 Å². The van der Waals surface area contributed by atoms with Gasteiger partial charge in [-0.15, -0.1) is 0 Å². The SMILES string of the molecule is CCOC(=O)N1CCC(O)(CN2CCOC[C@@](O)(COc3ccc(F)c(Cl)c3)C2)CC1. The Kier molecular flexibility index (Phi) is 7.98. The van der Waals surface area contributed by atoms with Gasteiger partial charge < -0.3 is 29.3 Å². The van der Waals surface area contributed by atoms with E-state index in [9.17, 15) is 19.4 Å². The molecule has 1 atom stereocenters. The molecule has 8 nitrogen and oxygen atoms in total. The maximum absolute atomic E-state index is 13.3. The van der Waals surface area contributed by atoms with Crippen LogP contribution in [0.25, 0.3) is 0 Å². The van der Waals surface area contributed by atoms with E-state index in [-0.39, 0.29) is 30.9 Å².